The van der Waals surface area contributed by atoms with E-state index in [0.717, 1.165) is 0 Å². The first kappa shape index (κ1) is 25.4. The van der Waals surface area contributed by atoms with Crippen LogP contribution in [0.2, 0.25) is 0 Å². The number of benzene rings is 1. The van der Waals surface area contributed by atoms with Gasteiger partial charge >= 0.3 is 0 Å². The molecule has 11 heteroatoms. The zero-order chi connectivity index (χ0) is 27.3. The van der Waals surface area contributed by atoms with E-state index >= 15 is 0 Å². The highest BCUT2D eigenvalue weighted by atomic mass is 16.5. The molecule has 0 bridgehead atoms. The smallest absolute Gasteiger partial charge is 0.251 e. The van der Waals surface area contributed by atoms with Crippen LogP contribution in [-0.4, -0.2) is 58.8 Å². The van der Waals surface area contributed by atoms with Crippen molar-refractivity contribution >= 4 is 40.8 Å². The number of primary amides is 1. The van der Waals surface area contributed by atoms with Gasteiger partial charge in [0.15, 0.2) is 29.1 Å². The number of Topliss-reactive ketones (excluding diaryl/α,β-unsaturated/α-hetero) is 4. The molecule has 0 saturated heterocycles. The number of phenols is 1. The van der Waals surface area contributed by atoms with Gasteiger partial charge in [0, 0.05) is 25.3 Å². The number of amides is 2. The van der Waals surface area contributed by atoms with Crippen LogP contribution in [0.1, 0.15) is 28.8 Å². The predicted molar refractivity (Wildman–Crippen MR) is 131 cm³/mol. The number of methoxy groups -OCH3 is 1. The molecule has 5 rings (SSSR count). The first-order chi connectivity index (χ1) is 18.1. The van der Waals surface area contributed by atoms with E-state index in [2.05, 4.69) is 10.3 Å². The highest BCUT2D eigenvalue weighted by molar-refractivity contribution is 6.27. The number of hydrogen-bond donors (Lipinski definition) is 3. The fourth-order valence-electron chi connectivity index (χ4n) is 6.20. The molecule has 0 aliphatic heterocycles. The minimum atomic E-state index is -1.67. The van der Waals surface area contributed by atoms with Crippen molar-refractivity contribution in [1.29, 1.82) is 0 Å². The summed E-state index contributed by atoms with van der Waals surface area (Å²) in [5.74, 6) is -9.21. The Morgan fingerprint density at radius 1 is 1.05 bits per heavy atom. The number of nitrogens with one attached hydrogen (secondary N) is 1. The predicted octanol–water partition coefficient (Wildman–Crippen LogP) is 0.859. The lowest BCUT2D eigenvalue weighted by atomic mass is 9.56. The van der Waals surface area contributed by atoms with Gasteiger partial charge < -0.3 is 20.9 Å². The molecule has 3 aliphatic carbocycles. The second-order valence-corrected chi connectivity index (χ2v) is 9.99. The quantitative estimate of drug-likeness (QED) is 0.482. The standard InChI is InChI=1S/C27H25N3O8/c1-38-10-19(33)30-18-5-2-11(9-29-18)14-3-4-16(31)22-15(14)7-12-6-13-8-17(32)23(27(28)37)26(36)21(13)24(34)20(12)25(22)35/h2-5,9,12-13,20-21,23,31H,6-8,10H2,1H3,(H2,28,37)(H,29,30,33). The second-order valence-electron chi connectivity index (χ2n) is 9.99. The number of ether oxygens (including phenoxy) is 1. The molecule has 0 spiro atoms. The molecule has 0 radical (unpaired) electrons. The lowest BCUT2D eigenvalue weighted by Gasteiger charge is -2.44. The van der Waals surface area contributed by atoms with Crippen molar-refractivity contribution in [2.45, 2.75) is 19.3 Å². The molecule has 2 saturated carbocycles. The van der Waals surface area contributed by atoms with E-state index < -0.39 is 58.6 Å². The molecule has 11 nitrogen and oxygen atoms in total. The van der Waals surface area contributed by atoms with Gasteiger partial charge in [-0.05, 0) is 54.0 Å². The Morgan fingerprint density at radius 3 is 2.45 bits per heavy atom. The Bertz CT molecular complexity index is 1400. The Labute approximate surface area is 216 Å². The topological polar surface area (TPSA) is 183 Å². The molecule has 38 heavy (non-hydrogen) atoms. The zero-order valence-electron chi connectivity index (χ0n) is 20.4. The number of nitrogens with zero attached hydrogens (tertiary/aromatic N) is 1. The largest absolute Gasteiger partial charge is 0.507 e. The van der Waals surface area contributed by atoms with Crippen molar-refractivity contribution in [2.75, 3.05) is 19.0 Å². The van der Waals surface area contributed by atoms with Gasteiger partial charge in [-0.2, -0.15) is 0 Å². The van der Waals surface area contributed by atoms with Crippen LogP contribution in [-0.2, 0) is 35.1 Å². The van der Waals surface area contributed by atoms with E-state index in [1.165, 1.54) is 19.4 Å². The summed E-state index contributed by atoms with van der Waals surface area (Å²) in [5, 5.41) is 13.2. The number of anilines is 1. The molecule has 196 valence electrons. The fourth-order valence-corrected chi connectivity index (χ4v) is 6.20. The number of ketones is 4. The van der Waals surface area contributed by atoms with E-state index in [1.807, 2.05) is 0 Å². The van der Waals surface area contributed by atoms with Gasteiger partial charge in [0.2, 0.25) is 5.91 Å². The highest BCUT2D eigenvalue weighted by Gasteiger charge is 2.57. The van der Waals surface area contributed by atoms with Crippen LogP contribution in [0.3, 0.4) is 0 Å². The normalized spacial score (nSPS) is 26.3. The number of fused-ring (bicyclic) bond motifs is 3. The van der Waals surface area contributed by atoms with E-state index in [4.69, 9.17) is 10.5 Å². The molecular weight excluding hydrogens is 494 g/mol. The zero-order valence-corrected chi connectivity index (χ0v) is 20.4. The number of nitrogens with two attached hydrogens (primary N) is 1. The van der Waals surface area contributed by atoms with Gasteiger partial charge in [0.25, 0.3) is 5.91 Å². The van der Waals surface area contributed by atoms with Gasteiger partial charge in [-0.25, -0.2) is 4.98 Å². The van der Waals surface area contributed by atoms with Crippen LogP contribution in [0.15, 0.2) is 30.5 Å². The molecule has 1 aromatic heterocycles. The van der Waals surface area contributed by atoms with Gasteiger partial charge in [0.1, 0.15) is 18.2 Å². The van der Waals surface area contributed by atoms with Crippen molar-refractivity contribution in [3.8, 4) is 16.9 Å². The summed E-state index contributed by atoms with van der Waals surface area (Å²) in [6, 6.07) is 6.33. The van der Waals surface area contributed by atoms with E-state index in [1.54, 1.807) is 18.2 Å². The third-order valence-electron chi connectivity index (χ3n) is 7.73. The maximum Gasteiger partial charge on any atom is 0.251 e. The number of hydrogen-bond acceptors (Lipinski definition) is 9. The van der Waals surface area contributed by atoms with Gasteiger partial charge in [-0.15, -0.1) is 0 Å². The van der Waals surface area contributed by atoms with Crippen molar-refractivity contribution in [3.63, 3.8) is 0 Å². The van der Waals surface area contributed by atoms with Crippen molar-refractivity contribution in [3.05, 3.63) is 41.6 Å². The molecule has 1 heterocycles. The maximum atomic E-state index is 13.6. The molecule has 1 aromatic carbocycles. The molecule has 2 aromatic rings. The summed E-state index contributed by atoms with van der Waals surface area (Å²) in [6.45, 7) is -0.124. The number of aromatic nitrogens is 1. The number of carbonyl (C=O) groups excluding carboxylic acids is 6. The number of pyridine rings is 1. The van der Waals surface area contributed by atoms with Gasteiger partial charge in [-0.1, -0.05) is 6.07 Å². The SMILES string of the molecule is COCC(=O)Nc1ccc(-c2ccc(O)c3c2CC2CC4CC(=O)C(C(N)=O)C(=O)C4C(=O)C2C3=O)cn1. The van der Waals surface area contributed by atoms with Crippen molar-refractivity contribution < 1.29 is 38.6 Å². The first-order valence-corrected chi connectivity index (χ1v) is 12.2. The van der Waals surface area contributed by atoms with Crippen LogP contribution in [0.5, 0.6) is 5.75 Å². The molecule has 3 aliphatic rings. The maximum absolute atomic E-state index is 13.6. The monoisotopic (exact) mass is 519 g/mol. The average Bonchev–Trinajstić information content (AvgIpc) is 2.84. The molecule has 2 fully saturated rings. The number of carbonyl (C=O) groups is 6. The Balaban J connectivity index is 1.49. The van der Waals surface area contributed by atoms with Crippen LogP contribution in [0.4, 0.5) is 5.82 Å². The number of aromatic hydroxyl groups is 1. The first-order valence-electron chi connectivity index (χ1n) is 12.2. The van der Waals surface area contributed by atoms with Crippen LogP contribution < -0.4 is 11.1 Å². The minimum Gasteiger partial charge on any atom is -0.507 e. The summed E-state index contributed by atoms with van der Waals surface area (Å²) < 4.78 is 4.79. The van der Waals surface area contributed by atoms with Crippen LogP contribution in [0, 0.1) is 29.6 Å². The summed E-state index contributed by atoms with van der Waals surface area (Å²) in [5.41, 5.74) is 7.07. The molecular formula is C27H25N3O8. The molecule has 5 atom stereocenters. The number of phenolic OH excluding ortho intramolecular Hbond substituents is 1. The third kappa shape index (κ3) is 4.08. The minimum absolute atomic E-state index is 0.0128. The summed E-state index contributed by atoms with van der Waals surface area (Å²) in [6.07, 6.45) is 1.93. The van der Waals surface area contributed by atoms with Crippen molar-refractivity contribution in [1.82, 2.24) is 4.98 Å². The summed E-state index contributed by atoms with van der Waals surface area (Å²) >= 11 is 0. The average molecular weight is 520 g/mol. The van der Waals surface area contributed by atoms with Gasteiger partial charge in [-0.3, -0.25) is 28.8 Å². The fraction of sp³-hybridized carbons (Fsp3) is 0.370. The van der Waals surface area contributed by atoms with Crippen molar-refractivity contribution in [2.24, 2.45) is 35.3 Å². The highest BCUT2D eigenvalue weighted by Crippen LogP contribution is 2.49. The lowest BCUT2D eigenvalue weighted by molar-refractivity contribution is -0.152. The lowest BCUT2D eigenvalue weighted by Crippen LogP contribution is -2.56. The van der Waals surface area contributed by atoms with E-state index in [9.17, 15) is 33.9 Å². The third-order valence-corrected chi connectivity index (χ3v) is 7.73. The summed E-state index contributed by atoms with van der Waals surface area (Å²) in [4.78, 5) is 80.3. The van der Waals surface area contributed by atoms with E-state index in [-0.39, 0.29) is 43.1 Å². The summed E-state index contributed by atoms with van der Waals surface area (Å²) in [7, 11) is 1.40. The Hall–Kier alpha value is -4.25. The van der Waals surface area contributed by atoms with Crippen LogP contribution >= 0.6 is 0 Å². The van der Waals surface area contributed by atoms with Crippen LogP contribution in [0.25, 0.3) is 11.1 Å². The Morgan fingerprint density at radius 2 is 1.79 bits per heavy atom. The molecule has 4 N–H and O–H groups in total. The number of rotatable bonds is 5. The van der Waals surface area contributed by atoms with E-state index in [0.29, 0.717) is 22.5 Å². The second kappa shape index (κ2) is 9.56. The van der Waals surface area contributed by atoms with Gasteiger partial charge in [0.05, 0.1) is 17.4 Å². The molecule has 5 unspecified atom stereocenters. The Kier molecular flexibility index (Phi) is 6.39. The molecule has 2 amide bonds.